The molecule has 27 heavy (non-hydrogen) atoms. The number of aromatic nitrogens is 2. The molecule has 1 aromatic heterocycles. The summed E-state index contributed by atoms with van der Waals surface area (Å²) in [4.78, 5) is 13.1. The van der Waals surface area contributed by atoms with E-state index in [1.807, 2.05) is 72.8 Å². The normalized spacial score (nSPS) is 11.1. The van der Waals surface area contributed by atoms with Crippen LogP contribution in [-0.4, -0.2) is 9.78 Å². The highest BCUT2D eigenvalue weighted by molar-refractivity contribution is 6.03. The van der Waals surface area contributed by atoms with Gasteiger partial charge in [-0.25, -0.2) is 0 Å². The largest absolute Gasteiger partial charge is 0.279 e. The van der Waals surface area contributed by atoms with Gasteiger partial charge in [0.1, 0.15) is 0 Å². The maximum atomic E-state index is 13.1. The average Bonchev–Trinajstić information content (AvgIpc) is 2.75. The summed E-state index contributed by atoms with van der Waals surface area (Å²) in [5.41, 5.74) is 2.48. The fourth-order valence-electron chi connectivity index (χ4n) is 3.56. The zero-order valence-corrected chi connectivity index (χ0v) is 14.5. The van der Waals surface area contributed by atoms with Gasteiger partial charge in [0, 0.05) is 10.9 Å². The Labute approximate surface area is 156 Å². The molecule has 128 valence electrons. The maximum Gasteiger partial charge on any atom is 0.279 e. The number of nitrogens with zero attached hydrogens (tertiary/aromatic N) is 2. The summed E-state index contributed by atoms with van der Waals surface area (Å²) in [5.74, 6) is 0. The molecule has 0 atom stereocenters. The van der Waals surface area contributed by atoms with E-state index in [1.54, 1.807) is 0 Å². The Morgan fingerprint density at radius 3 is 2.04 bits per heavy atom. The Morgan fingerprint density at radius 1 is 0.593 bits per heavy atom. The lowest BCUT2D eigenvalue weighted by Gasteiger charge is -2.13. The van der Waals surface area contributed by atoms with Crippen LogP contribution in [0.15, 0.2) is 102 Å². The molecule has 3 heteroatoms. The minimum absolute atomic E-state index is 0.110. The van der Waals surface area contributed by atoms with E-state index in [0.717, 1.165) is 33.1 Å². The number of fused-ring (bicyclic) bond motifs is 2. The van der Waals surface area contributed by atoms with Crippen LogP contribution in [0.5, 0.6) is 0 Å². The number of para-hydroxylation sites is 1. The van der Waals surface area contributed by atoms with Crippen molar-refractivity contribution in [3.05, 3.63) is 107 Å². The van der Waals surface area contributed by atoms with E-state index in [9.17, 15) is 4.79 Å². The van der Waals surface area contributed by atoms with Gasteiger partial charge in [0.2, 0.25) is 0 Å². The van der Waals surface area contributed by atoms with Crippen LogP contribution in [0.3, 0.4) is 0 Å². The van der Waals surface area contributed by atoms with E-state index >= 15 is 0 Å². The molecule has 3 nitrogen and oxygen atoms in total. The molecule has 0 aliphatic carbocycles. The standard InChI is InChI=1S/C24H16N2O/c27-24-22-15-7-6-14-21(22)23(25-26(24)18-11-2-1-3-12-18)20-16-8-10-17-9-4-5-13-19(17)20/h1-16H. The number of rotatable bonds is 2. The first-order valence-electron chi connectivity index (χ1n) is 8.88. The van der Waals surface area contributed by atoms with E-state index < -0.39 is 0 Å². The third-order valence-electron chi connectivity index (χ3n) is 4.85. The molecule has 4 aromatic carbocycles. The number of hydrogen-bond donors (Lipinski definition) is 0. The zero-order valence-electron chi connectivity index (χ0n) is 14.5. The zero-order chi connectivity index (χ0) is 18.2. The van der Waals surface area contributed by atoms with Gasteiger partial charge in [-0.3, -0.25) is 4.79 Å². The fourth-order valence-corrected chi connectivity index (χ4v) is 3.56. The smallest absolute Gasteiger partial charge is 0.267 e. The van der Waals surface area contributed by atoms with Crippen LogP contribution in [-0.2, 0) is 0 Å². The van der Waals surface area contributed by atoms with Crippen LogP contribution in [0.4, 0.5) is 0 Å². The number of hydrogen-bond acceptors (Lipinski definition) is 2. The average molecular weight is 348 g/mol. The van der Waals surface area contributed by atoms with Gasteiger partial charge in [0.05, 0.1) is 16.8 Å². The van der Waals surface area contributed by atoms with Crippen molar-refractivity contribution in [3.8, 4) is 16.9 Å². The third kappa shape index (κ3) is 2.52. The molecule has 0 radical (unpaired) electrons. The molecule has 0 N–H and O–H groups in total. The van der Waals surface area contributed by atoms with Gasteiger partial charge in [0.25, 0.3) is 5.56 Å². The highest BCUT2D eigenvalue weighted by atomic mass is 16.1. The molecular weight excluding hydrogens is 332 g/mol. The van der Waals surface area contributed by atoms with Crippen molar-refractivity contribution in [3.63, 3.8) is 0 Å². The SMILES string of the molecule is O=c1c2ccccc2c(-c2cccc3ccccc23)nn1-c1ccccc1. The first kappa shape index (κ1) is 15.5. The summed E-state index contributed by atoms with van der Waals surface area (Å²) in [6.45, 7) is 0. The molecule has 0 unspecified atom stereocenters. The van der Waals surface area contributed by atoms with Gasteiger partial charge in [0.15, 0.2) is 0 Å². The molecule has 0 spiro atoms. The summed E-state index contributed by atoms with van der Waals surface area (Å²) >= 11 is 0. The summed E-state index contributed by atoms with van der Waals surface area (Å²) in [7, 11) is 0. The van der Waals surface area contributed by atoms with Gasteiger partial charge < -0.3 is 0 Å². The molecule has 0 aliphatic heterocycles. The van der Waals surface area contributed by atoms with Crippen LogP contribution >= 0.6 is 0 Å². The Balaban J connectivity index is 1.92. The lowest BCUT2D eigenvalue weighted by molar-refractivity contribution is 0.827. The predicted octanol–water partition coefficient (Wildman–Crippen LogP) is 5.21. The quantitative estimate of drug-likeness (QED) is 0.439. The van der Waals surface area contributed by atoms with Crippen molar-refractivity contribution in [2.75, 3.05) is 0 Å². The second-order valence-electron chi connectivity index (χ2n) is 6.47. The second kappa shape index (κ2) is 6.22. The molecule has 0 fully saturated rings. The van der Waals surface area contributed by atoms with Crippen LogP contribution in [0, 0.1) is 0 Å². The maximum absolute atomic E-state index is 13.1. The first-order valence-corrected chi connectivity index (χ1v) is 8.88. The van der Waals surface area contributed by atoms with Gasteiger partial charge >= 0.3 is 0 Å². The van der Waals surface area contributed by atoms with E-state index in [-0.39, 0.29) is 5.56 Å². The highest BCUT2D eigenvalue weighted by Crippen LogP contribution is 2.31. The van der Waals surface area contributed by atoms with E-state index in [1.165, 1.54) is 4.68 Å². The first-order chi connectivity index (χ1) is 13.3. The van der Waals surface area contributed by atoms with E-state index in [4.69, 9.17) is 5.10 Å². The Bertz CT molecular complexity index is 1330. The second-order valence-corrected chi connectivity index (χ2v) is 6.47. The summed E-state index contributed by atoms with van der Waals surface area (Å²) in [6.07, 6.45) is 0. The van der Waals surface area contributed by atoms with Gasteiger partial charge in [-0.05, 0) is 29.0 Å². The molecule has 1 heterocycles. The molecule has 5 aromatic rings. The van der Waals surface area contributed by atoms with Crippen LogP contribution < -0.4 is 5.56 Å². The van der Waals surface area contributed by atoms with Crippen molar-refractivity contribution >= 4 is 21.5 Å². The lowest BCUT2D eigenvalue weighted by atomic mass is 9.99. The molecule has 0 amide bonds. The van der Waals surface area contributed by atoms with Gasteiger partial charge in [-0.15, -0.1) is 0 Å². The van der Waals surface area contributed by atoms with Crippen molar-refractivity contribution < 1.29 is 0 Å². The van der Waals surface area contributed by atoms with E-state index in [2.05, 4.69) is 24.3 Å². The molecule has 0 aliphatic rings. The van der Waals surface area contributed by atoms with Crippen molar-refractivity contribution in [2.45, 2.75) is 0 Å². The fraction of sp³-hybridized carbons (Fsp3) is 0. The molecule has 5 rings (SSSR count). The van der Waals surface area contributed by atoms with Crippen molar-refractivity contribution in [1.29, 1.82) is 0 Å². The van der Waals surface area contributed by atoms with Crippen molar-refractivity contribution in [2.24, 2.45) is 0 Å². The summed E-state index contributed by atoms with van der Waals surface area (Å²) in [5, 5.41) is 8.60. The Hall–Kier alpha value is -3.72. The van der Waals surface area contributed by atoms with Gasteiger partial charge in [-0.2, -0.15) is 9.78 Å². The minimum Gasteiger partial charge on any atom is -0.267 e. The van der Waals surface area contributed by atoms with E-state index in [0.29, 0.717) is 5.39 Å². The van der Waals surface area contributed by atoms with Crippen LogP contribution in [0.1, 0.15) is 0 Å². The molecule has 0 saturated carbocycles. The molecule has 0 bridgehead atoms. The Morgan fingerprint density at radius 2 is 1.22 bits per heavy atom. The monoisotopic (exact) mass is 348 g/mol. The van der Waals surface area contributed by atoms with Gasteiger partial charge in [-0.1, -0.05) is 78.9 Å². The molecular formula is C24H16N2O. The van der Waals surface area contributed by atoms with Crippen molar-refractivity contribution in [1.82, 2.24) is 9.78 Å². The topological polar surface area (TPSA) is 34.9 Å². The van der Waals surface area contributed by atoms with Crippen LogP contribution in [0.2, 0.25) is 0 Å². The third-order valence-corrected chi connectivity index (χ3v) is 4.85. The summed E-state index contributed by atoms with van der Waals surface area (Å²) < 4.78 is 1.50. The minimum atomic E-state index is -0.110. The Kier molecular flexibility index (Phi) is 3.58. The number of benzene rings is 4. The van der Waals surface area contributed by atoms with Crippen LogP contribution in [0.25, 0.3) is 38.5 Å². The predicted molar refractivity (Wildman–Crippen MR) is 110 cm³/mol. The molecule has 0 saturated heterocycles. The highest BCUT2D eigenvalue weighted by Gasteiger charge is 2.14. The lowest BCUT2D eigenvalue weighted by Crippen LogP contribution is -2.22. The summed E-state index contributed by atoms with van der Waals surface area (Å²) in [6, 6.07) is 31.7.